The Morgan fingerprint density at radius 1 is 1.11 bits per heavy atom. The quantitative estimate of drug-likeness (QED) is 0.248. The van der Waals surface area contributed by atoms with Gasteiger partial charge in [0.25, 0.3) is 11.7 Å². The van der Waals surface area contributed by atoms with Crippen molar-refractivity contribution in [2.45, 2.75) is 52.2 Å². The van der Waals surface area contributed by atoms with E-state index >= 15 is 0 Å². The Kier molecular flexibility index (Phi) is 8.94. The van der Waals surface area contributed by atoms with Crippen LogP contribution in [0.3, 0.4) is 0 Å². The first-order valence-electron chi connectivity index (χ1n) is 13.3. The summed E-state index contributed by atoms with van der Waals surface area (Å²) in [6.07, 6.45) is 2.44. The summed E-state index contributed by atoms with van der Waals surface area (Å²) in [5.74, 6) is 0.611. The van der Waals surface area contributed by atoms with Crippen molar-refractivity contribution in [2.24, 2.45) is 5.92 Å². The van der Waals surface area contributed by atoms with E-state index in [2.05, 4.69) is 13.8 Å². The van der Waals surface area contributed by atoms with Crippen molar-refractivity contribution in [3.05, 3.63) is 59.2 Å². The third-order valence-electron chi connectivity index (χ3n) is 6.86. The number of Topliss-reactive ketones (excluding diaryl/α,β-unsaturated/α-hetero) is 1. The normalized spacial score (nSPS) is 20.8. The predicted molar refractivity (Wildman–Crippen MR) is 144 cm³/mol. The molecule has 2 atom stereocenters. The van der Waals surface area contributed by atoms with E-state index in [0.29, 0.717) is 54.1 Å². The first-order valence-corrected chi connectivity index (χ1v) is 13.3. The van der Waals surface area contributed by atoms with Gasteiger partial charge in [0.2, 0.25) is 0 Å². The van der Waals surface area contributed by atoms with E-state index < -0.39 is 17.7 Å². The molecule has 0 bridgehead atoms. The molecule has 2 unspecified atom stereocenters. The number of hydrogen-bond donors (Lipinski definition) is 1. The van der Waals surface area contributed by atoms with Crippen LogP contribution in [0.25, 0.3) is 5.76 Å². The van der Waals surface area contributed by atoms with Crippen LogP contribution in [0.2, 0.25) is 0 Å². The smallest absolute Gasteiger partial charge is 0.295 e. The van der Waals surface area contributed by atoms with Gasteiger partial charge in [-0.3, -0.25) is 9.59 Å². The monoisotopic (exact) mass is 523 g/mol. The number of hydrogen-bond acceptors (Lipinski definition) is 7. The number of aliphatic hydroxyl groups excluding tert-OH is 1. The minimum Gasteiger partial charge on any atom is -0.507 e. The number of methoxy groups -OCH3 is 1. The molecule has 1 N–H and O–H groups in total. The predicted octanol–water partition coefficient (Wildman–Crippen LogP) is 5.12. The van der Waals surface area contributed by atoms with E-state index in [1.165, 1.54) is 4.90 Å². The number of likely N-dealkylation sites (tertiary alicyclic amines) is 1. The minimum atomic E-state index is -0.801. The lowest BCUT2D eigenvalue weighted by molar-refractivity contribution is -0.140. The van der Waals surface area contributed by atoms with Crippen molar-refractivity contribution in [1.82, 2.24) is 4.90 Å². The fourth-order valence-electron chi connectivity index (χ4n) is 4.83. The maximum absolute atomic E-state index is 13.4. The maximum Gasteiger partial charge on any atom is 0.295 e. The zero-order valence-corrected chi connectivity index (χ0v) is 22.6. The van der Waals surface area contributed by atoms with Gasteiger partial charge in [0.15, 0.2) is 11.5 Å². The van der Waals surface area contributed by atoms with Gasteiger partial charge >= 0.3 is 0 Å². The van der Waals surface area contributed by atoms with E-state index in [1.807, 2.05) is 13.0 Å². The average molecular weight is 524 g/mol. The lowest BCUT2D eigenvalue weighted by Gasteiger charge is -2.28. The Labute approximate surface area is 224 Å². The van der Waals surface area contributed by atoms with Crippen molar-refractivity contribution in [1.29, 1.82) is 0 Å². The second-order valence-corrected chi connectivity index (χ2v) is 9.99. The van der Waals surface area contributed by atoms with Gasteiger partial charge in [0.1, 0.15) is 11.5 Å². The standard InChI is InChI=1S/C30H37NO7/c1-5-36-22-11-8-20(9-12-22)28(32)26-27(31(30(34)29(26)33)18-23-7-6-15-37-23)21-10-13-24(25(17-21)35-4)38-16-14-19(2)3/h8-13,17,19,23,27,32H,5-7,14-16,18H2,1-4H3/b28-26+. The summed E-state index contributed by atoms with van der Waals surface area (Å²) in [6, 6.07) is 11.4. The molecular formula is C30H37NO7. The van der Waals surface area contributed by atoms with Crippen molar-refractivity contribution >= 4 is 17.4 Å². The van der Waals surface area contributed by atoms with Crippen LogP contribution >= 0.6 is 0 Å². The summed E-state index contributed by atoms with van der Waals surface area (Å²) in [4.78, 5) is 28.1. The number of benzene rings is 2. The number of nitrogens with zero attached hydrogens (tertiary/aromatic N) is 1. The largest absolute Gasteiger partial charge is 0.507 e. The van der Waals surface area contributed by atoms with Crippen LogP contribution in [0, 0.1) is 5.92 Å². The van der Waals surface area contributed by atoms with Crippen molar-refractivity contribution in [3.63, 3.8) is 0 Å². The van der Waals surface area contributed by atoms with Crippen molar-refractivity contribution in [2.75, 3.05) is 33.5 Å². The van der Waals surface area contributed by atoms with Gasteiger partial charge in [0, 0.05) is 18.7 Å². The number of aliphatic hydroxyl groups is 1. The number of rotatable bonds is 11. The Morgan fingerprint density at radius 3 is 2.50 bits per heavy atom. The Bertz CT molecular complexity index is 1170. The zero-order chi connectivity index (χ0) is 27.2. The van der Waals surface area contributed by atoms with Gasteiger partial charge < -0.3 is 29.0 Å². The van der Waals surface area contributed by atoms with Crippen LogP contribution in [0.4, 0.5) is 0 Å². The number of ether oxygens (including phenoxy) is 4. The molecule has 0 aliphatic carbocycles. The molecule has 2 fully saturated rings. The van der Waals surface area contributed by atoms with Crippen LogP contribution in [-0.2, 0) is 14.3 Å². The van der Waals surface area contributed by atoms with Crippen LogP contribution in [0.5, 0.6) is 17.2 Å². The van der Waals surface area contributed by atoms with Crippen LogP contribution in [-0.4, -0.2) is 61.3 Å². The highest BCUT2D eigenvalue weighted by Crippen LogP contribution is 2.42. The molecule has 2 aliphatic heterocycles. The van der Waals surface area contributed by atoms with E-state index in [1.54, 1.807) is 43.5 Å². The fourth-order valence-corrected chi connectivity index (χ4v) is 4.83. The lowest BCUT2D eigenvalue weighted by atomic mass is 9.94. The number of carbonyl (C=O) groups is 2. The molecule has 38 heavy (non-hydrogen) atoms. The molecule has 2 heterocycles. The second kappa shape index (κ2) is 12.3. The Hall–Kier alpha value is -3.52. The molecule has 2 aromatic rings. The first-order chi connectivity index (χ1) is 18.3. The van der Waals surface area contributed by atoms with Crippen LogP contribution < -0.4 is 14.2 Å². The molecule has 2 aromatic carbocycles. The molecule has 204 valence electrons. The van der Waals surface area contributed by atoms with E-state index in [0.717, 1.165) is 19.3 Å². The Balaban J connectivity index is 1.75. The SMILES string of the molecule is CCOc1ccc(/C(O)=C2\C(=O)C(=O)N(CC3CCCO3)C2c2ccc(OCCC(C)C)c(OC)c2)cc1. The summed E-state index contributed by atoms with van der Waals surface area (Å²) < 4.78 is 22.8. The van der Waals surface area contributed by atoms with Gasteiger partial charge in [0.05, 0.1) is 38.0 Å². The molecule has 2 aliphatic rings. The molecule has 0 spiro atoms. The van der Waals surface area contributed by atoms with Crippen molar-refractivity contribution in [3.8, 4) is 17.2 Å². The van der Waals surface area contributed by atoms with Gasteiger partial charge in [-0.2, -0.15) is 0 Å². The number of ketones is 1. The molecule has 0 saturated carbocycles. The molecule has 8 heteroatoms. The summed E-state index contributed by atoms with van der Waals surface area (Å²) in [7, 11) is 1.55. The van der Waals surface area contributed by atoms with Crippen LogP contribution in [0.15, 0.2) is 48.0 Å². The van der Waals surface area contributed by atoms with Gasteiger partial charge in [-0.1, -0.05) is 19.9 Å². The topological polar surface area (TPSA) is 94.5 Å². The number of carbonyl (C=O) groups excluding carboxylic acids is 2. The maximum atomic E-state index is 13.4. The second-order valence-electron chi connectivity index (χ2n) is 9.99. The van der Waals surface area contributed by atoms with Gasteiger partial charge in [-0.05, 0) is 74.1 Å². The molecule has 4 rings (SSSR count). The van der Waals surface area contributed by atoms with E-state index in [4.69, 9.17) is 18.9 Å². The van der Waals surface area contributed by atoms with E-state index in [9.17, 15) is 14.7 Å². The molecule has 0 aromatic heterocycles. The molecule has 0 radical (unpaired) electrons. The van der Waals surface area contributed by atoms with Gasteiger partial charge in [-0.15, -0.1) is 0 Å². The van der Waals surface area contributed by atoms with E-state index in [-0.39, 0.29) is 24.0 Å². The summed E-state index contributed by atoms with van der Waals surface area (Å²) in [5, 5.41) is 11.3. The summed E-state index contributed by atoms with van der Waals surface area (Å²) >= 11 is 0. The van der Waals surface area contributed by atoms with Crippen molar-refractivity contribution < 1.29 is 33.6 Å². The third kappa shape index (κ3) is 5.96. The fraction of sp³-hybridized carbons (Fsp3) is 0.467. The van der Waals surface area contributed by atoms with Crippen LogP contribution in [0.1, 0.15) is 57.2 Å². The molecule has 2 saturated heterocycles. The highest BCUT2D eigenvalue weighted by molar-refractivity contribution is 6.46. The highest BCUT2D eigenvalue weighted by atomic mass is 16.5. The Morgan fingerprint density at radius 2 is 1.87 bits per heavy atom. The molecule has 1 amide bonds. The third-order valence-corrected chi connectivity index (χ3v) is 6.86. The average Bonchev–Trinajstić information content (AvgIpc) is 3.51. The minimum absolute atomic E-state index is 0.0349. The summed E-state index contributed by atoms with van der Waals surface area (Å²) in [6.45, 7) is 8.09. The highest BCUT2D eigenvalue weighted by Gasteiger charge is 2.47. The lowest BCUT2D eigenvalue weighted by Crippen LogP contribution is -2.36. The zero-order valence-electron chi connectivity index (χ0n) is 22.6. The molecule has 8 nitrogen and oxygen atoms in total. The number of amides is 1. The van der Waals surface area contributed by atoms with Gasteiger partial charge in [-0.25, -0.2) is 0 Å². The molecular weight excluding hydrogens is 486 g/mol. The first kappa shape index (κ1) is 27.5. The summed E-state index contributed by atoms with van der Waals surface area (Å²) in [5.41, 5.74) is 1.10.